The van der Waals surface area contributed by atoms with E-state index in [9.17, 15) is 19.7 Å². The van der Waals surface area contributed by atoms with Gasteiger partial charge in [-0.15, -0.1) is 0 Å². The number of ether oxygens (including phenoxy) is 1. The Labute approximate surface area is 96.5 Å². The molecule has 0 unspecified atom stereocenters. The van der Waals surface area contributed by atoms with Crippen molar-refractivity contribution < 1.29 is 24.4 Å². The summed E-state index contributed by atoms with van der Waals surface area (Å²) in [5.41, 5.74) is -0.596. The van der Waals surface area contributed by atoms with Crippen LogP contribution in [-0.2, 0) is 14.3 Å². The van der Waals surface area contributed by atoms with Crippen LogP contribution < -0.4 is 0 Å². The van der Waals surface area contributed by atoms with E-state index in [4.69, 9.17) is 5.11 Å². The number of rotatable bonds is 3. The number of nitrogens with zero attached hydrogens (tertiary/aromatic N) is 1. The molecule has 7 nitrogen and oxygen atoms in total. The third-order valence-corrected chi connectivity index (χ3v) is 2.43. The number of hydrogen-bond donors (Lipinski definition) is 1. The van der Waals surface area contributed by atoms with Crippen LogP contribution >= 0.6 is 0 Å². The number of allylic oxidation sites excluding steroid dienone is 2. The Morgan fingerprint density at radius 1 is 1.47 bits per heavy atom. The lowest BCUT2D eigenvalue weighted by Crippen LogP contribution is -2.12. The van der Waals surface area contributed by atoms with Gasteiger partial charge in [-0.3, -0.25) is 14.9 Å². The van der Waals surface area contributed by atoms with Crippen molar-refractivity contribution in [3.63, 3.8) is 0 Å². The van der Waals surface area contributed by atoms with E-state index < -0.39 is 28.5 Å². The lowest BCUT2D eigenvalue weighted by Gasteiger charge is -2.03. The minimum atomic E-state index is -1.05. The summed E-state index contributed by atoms with van der Waals surface area (Å²) in [6.45, 7) is 0. The van der Waals surface area contributed by atoms with Gasteiger partial charge in [0.25, 0.3) is 5.70 Å². The molecule has 0 saturated carbocycles. The molecule has 1 aliphatic rings. The van der Waals surface area contributed by atoms with Crippen LogP contribution in [0.25, 0.3) is 0 Å². The van der Waals surface area contributed by atoms with E-state index in [1.807, 2.05) is 0 Å². The molecule has 0 aromatic carbocycles. The van der Waals surface area contributed by atoms with Crippen LogP contribution in [0.4, 0.5) is 0 Å². The number of aliphatic carboxylic acids is 1. The molecule has 0 amide bonds. The van der Waals surface area contributed by atoms with Gasteiger partial charge in [-0.1, -0.05) is 6.08 Å². The Morgan fingerprint density at radius 2 is 2.06 bits per heavy atom. The van der Waals surface area contributed by atoms with Gasteiger partial charge in [0.1, 0.15) is 5.57 Å². The zero-order chi connectivity index (χ0) is 13.0. The Hall–Kier alpha value is -2.18. The summed E-state index contributed by atoms with van der Waals surface area (Å²) in [7, 11) is 1.11. The molecule has 0 saturated heterocycles. The van der Waals surface area contributed by atoms with Crippen molar-refractivity contribution in [2.24, 2.45) is 5.92 Å². The maximum atomic E-state index is 11.3. The van der Waals surface area contributed by atoms with E-state index in [1.165, 1.54) is 6.08 Å². The lowest BCUT2D eigenvalue weighted by molar-refractivity contribution is -0.420. The molecular weight excluding hydrogens is 230 g/mol. The van der Waals surface area contributed by atoms with E-state index in [0.717, 1.165) is 13.2 Å². The number of nitro groups is 1. The van der Waals surface area contributed by atoms with Crippen LogP contribution in [0.1, 0.15) is 12.8 Å². The van der Waals surface area contributed by atoms with E-state index in [1.54, 1.807) is 0 Å². The highest BCUT2D eigenvalue weighted by atomic mass is 16.6. The summed E-state index contributed by atoms with van der Waals surface area (Å²) in [5.74, 6) is -2.64. The maximum Gasteiger partial charge on any atom is 0.344 e. The molecule has 1 atom stereocenters. The first kappa shape index (κ1) is 12.9. The zero-order valence-electron chi connectivity index (χ0n) is 9.08. The molecule has 0 heterocycles. The van der Waals surface area contributed by atoms with Gasteiger partial charge in [0.15, 0.2) is 0 Å². The van der Waals surface area contributed by atoms with Crippen LogP contribution in [0.15, 0.2) is 23.4 Å². The fourth-order valence-corrected chi connectivity index (χ4v) is 1.50. The van der Waals surface area contributed by atoms with Crippen molar-refractivity contribution in [1.82, 2.24) is 0 Å². The summed E-state index contributed by atoms with van der Waals surface area (Å²) >= 11 is 0. The van der Waals surface area contributed by atoms with Gasteiger partial charge in [0, 0.05) is 0 Å². The first-order valence-electron chi connectivity index (χ1n) is 4.83. The Morgan fingerprint density at radius 3 is 2.53 bits per heavy atom. The quantitative estimate of drug-likeness (QED) is 0.443. The molecule has 0 aliphatic heterocycles. The van der Waals surface area contributed by atoms with Crippen LogP contribution in [0.2, 0.25) is 0 Å². The van der Waals surface area contributed by atoms with Crippen molar-refractivity contribution in [3.8, 4) is 0 Å². The lowest BCUT2D eigenvalue weighted by atomic mass is 10.0. The maximum absolute atomic E-state index is 11.3. The average molecular weight is 241 g/mol. The van der Waals surface area contributed by atoms with Gasteiger partial charge in [-0.2, -0.15) is 0 Å². The third kappa shape index (κ3) is 2.90. The highest BCUT2D eigenvalue weighted by Gasteiger charge is 2.29. The number of carboxylic acids is 1. The summed E-state index contributed by atoms with van der Waals surface area (Å²) in [6, 6.07) is 0. The van der Waals surface area contributed by atoms with Gasteiger partial charge in [-0.25, -0.2) is 4.79 Å². The molecule has 0 spiro atoms. The molecule has 92 valence electrons. The monoisotopic (exact) mass is 241 g/mol. The van der Waals surface area contributed by atoms with Crippen LogP contribution in [0.3, 0.4) is 0 Å². The minimum Gasteiger partial charge on any atom is -0.481 e. The summed E-state index contributed by atoms with van der Waals surface area (Å²) in [6.07, 6.45) is 2.47. The van der Waals surface area contributed by atoms with E-state index in [2.05, 4.69) is 4.74 Å². The van der Waals surface area contributed by atoms with Crippen LogP contribution in [-0.4, -0.2) is 29.1 Å². The van der Waals surface area contributed by atoms with Crippen LogP contribution in [0.5, 0.6) is 0 Å². The first-order valence-corrected chi connectivity index (χ1v) is 4.83. The largest absolute Gasteiger partial charge is 0.481 e. The second kappa shape index (κ2) is 5.24. The molecule has 0 bridgehead atoms. The Kier molecular flexibility index (Phi) is 3.97. The first-order chi connectivity index (χ1) is 7.97. The summed E-state index contributed by atoms with van der Waals surface area (Å²) < 4.78 is 4.42. The molecule has 1 N–H and O–H groups in total. The topological polar surface area (TPSA) is 107 Å². The van der Waals surface area contributed by atoms with E-state index >= 15 is 0 Å². The standard InChI is InChI=1S/C10H11NO6/c1-17-10(14)7-4-2-6(9(12)13)3-5-8(7)11(15)16/h4-6H,2-3H2,1H3,(H,12,13)/t6-/m0/s1. The highest BCUT2D eigenvalue weighted by Crippen LogP contribution is 2.23. The fourth-order valence-electron chi connectivity index (χ4n) is 1.50. The molecule has 0 aromatic rings. The predicted octanol–water partition coefficient (Wildman–Crippen LogP) is 0.741. The Balaban J connectivity index is 3.10. The SMILES string of the molecule is COC(=O)C1=CC[C@H](C(=O)O)CC=C1[N+](=O)[O-]. The summed E-state index contributed by atoms with van der Waals surface area (Å²) in [5, 5.41) is 19.6. The highest BCUT2D eigenvalue weighted by molar-refractivity contribution is 5.92. The molecule has 0 aromatic heterocycles. The Bertz CT molecular complexity index is 423. The van der Waals surface area contributed by atoms with Crippen LogP contribution in [0, 0.1) is 16.0 Å². The minimum absolute atomic E-state index is 0.0165. The van der Waals surface area contributed by atoms with Gasteiger partial charge < -0.3 is 9.84 Å². The van der Waals surface area contributed by atoms with Crippen molar-refractivity contribution in [2.75, 3.05) is 7.11 Å². The number of esters is 1. The van der Waals surface area contributed by atoms with Gasteiger partial charge in [-0.05, 0) is 18.9 Å². The van der Waals surface area contributed by atoms with Crippen molar-refractivity contribution in [1.29, 1.82) is 0 Å². The molecule has 1 aliphatic carbocycles. The molecule has 17 heavy (non-hydrogen) atoms. The van der Waals surface area contributed by atoms with Crippen molar-refractivity contribution in [3.05, 3.63) is 33.5 Å². The fraction of sp³-hybridized carbons (Fsp3) is 0.400. The number of hydrogen-bond acceptors (Lipinski definition) is 5. The van der Waals surface area contributed by atoms with Gasteiger partial charge in [0.2, 0.25) is 0 Å². The average Bonchev–Trinajstić information content (AvgIpc) is 2.50. The number of methoxy groups -OCH3 is 1. The van der Waals surface area contributed by atoms with Gasteiger partial charge in [0.05, 0.1) is 18.0 Å². The van der Waals surface area contributed by atoms with E-state index in [0.29, 0.717) is 0 Å². The third-order valence-electron chi connectivity index (χ3n) is 2.43. The molecular formula is C10H11NO6. The molecule has 0 fully saturated rings. The van der Waals surface area contributed by atoms with Crippen molar-refractivity contribution in [2.45, 2.75) is 12.8 Å². The second-order valence-electron chi connectivity index (χ2n) is 3.46. The summed E-state index contributed by atoms with van der Waals surface area (Å²) in [4.78, 5) is 32.2. The van der Waals surface area contributed by atoms with Gasteiger partial charge >= 0.3 is 11.9 Å². The zero-order valence-corrected chi connectivity index (χ0v) is 9.08. The predicted molar refractivity (Wildman–Crippen MR) is 55.5 cm³/mol. The molecule has 7 heteroatoms. The van der Waals surface area contributed by atoms with Crippen molar-refractivity contribution >= 4 is 11.9 Å². The van der Waals surface area contributed by atoms with E-state index in [-0.39, 0.29) is 18.4 Å². The number of carbonyl (C=O) groups is 2. The second-order valence-corrected chi connectivity index (χ2v) is 3.46. The molecule has 1 rings (SSSR count). The normalized spacial score (nSPS) is 19.7. The number of carbonyl (C=O) groups excluding carboxylic acids is 1. The number of carboxylic acid groups (broad SMARTS) is 1. The molecule has 0 radical (unpaired) electrons. The smallest absolute Gasteiger partial charge is 0.344 e.